The van der Waals surface area contributed by atoms with Crippen molar-refractivity contribution in [2.24, 2.45) is 0 Å². The van der Waals surface area contributed by atoms with E-state index < -0.39 is 0 Å². The Hall–Kier alpha value is -2.29. The summed E-state index contributed by atoms with van der Waals surface area (Å²) in [5, 5.41) is 2.75. The molecule has 0 spiro atoms. The summed E-state index contributed by atoms with van der Waals surface area (Å²) in [5.74, 6) is 0.572. The number of benzene rings is 2. The Labute approximate surface area is 104 Å². The van der Waals surface area contributed by atoms with E-state index in [9.17, 15) is 4.79 Å². The monoisotopic (exact) mass is 239 g/mol. The van der Waals surface area contributed by atoms with Crippen molar-refractivity contribution in [2.75, 3.05) is 19.0 Å². The first-order chi connectivity index (χ1) is 8.65. The van der Waals surface area contributed by atoms with Gasteiger partial charge in [0.2, 0.25) is 0 Å². The maximum absolute atomic E-state index is 12.1. The summed E-state index contributed by atoms with van der Waals surface area (Å²) in [6.07, 6.45) is 0. The second-order valence-corrected chi connectivity index (χ2v) is 4.54. The Morgan fingerprint density at radius 3 is 2.33 bits per heavy atom. The lowest BCUT2D eigenvalue weighted by Crippen LogP contribution is -2.12. The summed E-state index contributed by atoms with van der Waals surface area (Å²) in [7, 11) is 3.70. The molecule has 0 aliphatic carbocycles. The van der Waals surface area contributed by atoms with Gasteiger partial charge in [0.1, 0.15) is 5.58 Å². The highest BCUT2D eigenvalue weighted by Gasteiger charge is 2.07. The van der Waals surface area contributed by atoms with Crippen molar-refractivity contribution in [1.82, 2.24) is 0 Å². The van der Waals surface area contributed by atoms with Crippen LogP contribution in [0.5, 0.6) is 0 Å². The predicted octanol–water partition coefficient (Wildman–Crippen LogP) is 3.01. The minimum atomic E-state index is -0.00861. The van der Waals surface area contributed by atoms with E-state index in [2.05, 4.69) is 0 Å². The largest absolute Gasteiger partial charge is 0.440 e. The van der Waals surface area contributed by atoms with Crippen LogP contribution in [0, 0.1) is 0 Å². The lowest BCUT2D eigenvalue weighted by atomic mass is 10.1. The molecule has 3 aromatic rings. The zero-order valence-corrected chi connectivity index (χ0v) is 10.3. The van der Waals surface area contributed by atoms with Crippen molar-refractivity contribution in [2.45, 2.75) is 0 Å². The van der Waals surface area contributed by atoms with E-state index in [0.29, 0.717) is 16.9 Å². The van der Waals surface area contributed by atoms with Crippen LogP contribution < -0.4 is 10.3 Å². The van der Waals surface area contributed by atoms with E-state index in [1.54, 1.807) is 4.90 Å². The zero-order valence-electron chi connectivity index (χ0n) is 10.3. The fourth-order valence-electron chi connectivity index (χ4n) is 2.05. The van der Waals surface area contributed by atoms with Gasteiger partial charge >= 0.3 is 0 Å². The molecule has 3 nitrogen and oxygen atoms in total. The lowest BCUT2D eigenvalue weighted by molar-refractivity contribution is 0.598. The molecule has 0 bridgehead atoms. The summed E-state index contributed by atoms with van der Waals surface area (Å²) < 4.78 is 5.74. The van der Waals surface area contributed by atoms with Crippen LogP contribution in [0.2, 0.25) is 0 Å². The Kier molecular flexibility index (Phi) is 2.33. The number of nitrogens with zero attached hydrogens (tertiary/aromatic N) is 1. The van der Waals surface area contributed by atoms with Crippen LogP contribution in [-0.2, 0) is 0 Å². The van der Waals surface area contributed by atoms with E-state index in [0.717, 1.165) is 10.8 Å². The molecule has 0 atom stereocenters. The van der Waals surface area contributed by atoms with E-state index in [4.69, 9.17) is 4.42 Å². The zero-order chi connectivity index (χ0) is 12.7. The average molecular weight is 239 g/mol. The third kappa shape index (κ3) is 1.64. The van der Waals surface area contributed by atoms with E-state index in [1.807, 2.05) is 50.5 Å². The van der Waals surface area contributed by atoms with Crippen LogP contribution >= 0.6 is 0 Å². The normalized spacial score (nSPS) is 11.0. The van der Waals surface area contributed by atoms with Crippen molar-refractivity contribution >= 4 is 27.6 Å². The minimum Gasteiger partial charge on any atom is -0.440 e. The predicted molar refractivity (Wildman–Crippen MR) is 74.3 cm³/mol. The number of fused-ring (bicyclic) bond motifs is 2. The molecular formula is C15H13NO2. The van der Waals surface area contributed by atoms with Crippen LogP contribution in [-0.4, -0.2) is 14.1 Å². The van der Waals surface area contributed by atoms with Gasteiger partial charge in [-0.1, -0.05) is 24.3 Å². The standard InChI is InChI=1S/C15H13NO2/c1-16(2)15-9-13(17)12-7-10-5-3-4-6-11(10)8-14(12)18-15/h3-9H,1-2H3. The third-order valence-corrected chi connectivity index (χ3v) is 3.02. The third-order valence-electron chi connectivity index (χ3n) is 3.02. The summed E-state index contributed by atoms with van der Waals surface area (Å²) in [4.78, 5) is 13.8. The Balaban J connectivity index is 2.43. The van der Waals surface area contributed by atoms with Crippen LogP contribution in [0.3, 0.4) is 0 Å². The van der Waals surface area contributed by atoms with Crippen molar-refractivity contribution in [3.63, 3.8) is 0 Å². The highest BCUT2D eigenvalue weighted by Crippen LogP contribution is 2.23. The average Bonchev–Trinajstić information content (AvgIpc) is 2.36. The molecule has 0 fully saturated rings. The van der Waals surface area contributed by atoms with Crippen LogP contribution in [0.1, 0.15) is 0 Å². The van der Waals surface area contributed by atoms with Gasteiger partial charge in [-0.2, -0.15) is 0 Å². The highest BCUT2D eigenvalue weighted by atomic mass is 16.4. The van der Waals surface area contributed by atoms with Crippen LogP contribution in [0.4, 0.5) is 5.88 Å². The minimum absolute atomic E-state index is 0.00861. The van der Waals surface area contributed by atoms with Crippen molar-refractivity contribution in [3.8, 4) is 0 Å². The Morgan fingerprint density at radius 1 is 1.00 bits per heavy atom. The van der Waals surface area contributed by atoms with Gasteiger partial charge in [0.05, 0.1) is 5.39 Å². The van der Waals surface area contributed by atoms with Crippen LogP contribution in [0.25, 0.3) is 21.7 Å². The lowest BCUT2D eigenvalue weighted by Gasteiger charge is -2.11. The van der Waals surface area contributed by atoms with Gasteiger partial charge in [-0.3, -0.25) is 4.79 Å². The van der Waals surface area contributed by atoms with Gasteiger partial charge < -0.3 is 9.32 Å². The fraction of sp³-hybridized carbons (Fsp3) is 0.133. The molecule has 3 heteroatoms. The van der Waals surface area contributed by atoms with E-state index in [-0.39, 0.29) is 5.43 Å². The molecule has 0 N–H and O–H groups in total. The molecule has 0 saturated heterocycles. The van der Waals surface area contributed by atoms with Gasteiger partial charge in [0.25, 0.3) is 0 Å². The molecule has 3 rings (SSSR count). The van der Waals surface area contributed by atoms with Crippen molar-refractivity contribution in [1.29, 1.82) is 0 Å². The fourth-order valence-corrected chi connectivity index (χ4v) is 2.05. The quantitative estimate of drug-likeness (QED) is 0.612. The summed E-state index contributed by atoms with van der Waals surface area (Å²) in [5.41, 5.74) is 0.621. The molecule has 18 heavy (non-hydrogen) atoms. The van der Waals surface area contributed by atoms with Gasteiger partial charge in [-0.15, -0.1) is 0 Å². The molecule has 0 aliphatic rings. The maximum atomic E-state index is 12.1. The van der Waals surface area contributed by atoms with Gasteiger partial charge in [-0.25, -0.2) is 0 Å². The molecule has 0 unspecified atom stereocenters. The topological polar surface area (TPSA) is 33.5 Å². The van der Waals surface area contributed by atoms with Crippen molar-refractivity contribution in [3.05, 3.63) is 52.7 Å². The smallest absolute Gasteiger partial charge is 0.199 e. The Morgan fingerprint density at radius 2 is 1.67 bits per heavy atom. The maximum Gasteiger partial charge on any atom is 0.199 e. The molecule has 1 aromatic heterocycles. The SMILES string of the molecule is CN(C)c1cc(=O)c2cc3ccccc3cc2o1. The molecule has 2 aromatic carbocycles. The highest BCUT2D eigenvalue weighted by molar-refractivity contribution is 5.95. The number of rotatable bonds is 1. The number of hydrogen-bond donors (Lipinski definition) is 0. The summed E-state index contributed by atoms with van der Waals surface area (Å²) >= 11 is 0. The molecule has 0 radical (unpaired) electrons. The molecule has 0 aliphatic heterocycles. The molecule has 90 valence electrons. The summed E-state index contributed by atoms with van der Waals surface area (Å²) in [6, 6.07) is 13.3. The second kappa shape index (κ2) is 3.88. The Bertz CT molecular complexity index is 787. The van der Waals surface area contributed by atoms with Crippen molar-refractivity contribution < 1.29 is 4.42 Å². The first-order valence-corrected chi connectivity index (χ1v) is 5.79. The molecule has 0 amide bonds. The van der Waals surface area contributed by atoms with Gasteiger partial charge in [0, 0.05) is 20.2 Å². The van der Waals surface area contributed by atoms with E-state index in [1.165, 1.54) is 6.07 Å². The summed E-state index contributed by atoms with van der Waals surface area (Å²) in [6.45, 7) is 0. The second-order valence-electron chi connectivity index (χ2n) is 4.54. The molecule has 1 heterocycles. The van der Waals surface area contributed by atoms with Gasteiger partial charge in [0.15, 0.2) is 11.3 Å². The van der Waals surface area contributed by atoms with Crippen LogP contribution in [0.15, 0.2) is 51.7 Å². The van der Waals surface area contributed by atoms with E-state index >= 15 is 0 Å². The van der Waals surface area contributed by atoms with Gasteiger partial charge in [-0.05, 0) is 22.9 Å². The first kappa shape index (κ1) is 10.8. The first-order valence-electron chi connectivity index (χ1n) is 5.79. The molecular weight excluding hydrogens is 226 g/mol. The number of hydrogen-bond acceptors (Lipinski definition) is 3. The molecule has 0 saturated carbocycles. The number of anilines is 1.